The van der Waals surface area contributed by atoms with E-state index in [1.54, 1.807) is 18.2 Å². The number of amides is 2. The van der Waals surface area contributed by atoms with Gasteiger partial charge in [0.05, 0.1) is 21.6 Å². The van der Waals surface area contributed by atoms with E-state index in [4.69, 9.17) is 15.6 Å². The van der Waals surface area contributed by atoms with Crippen LogP contribution in [0, 0.1) is 12.3 Å². The van der Waals surface area contributed by atoms with E-state index in [-0.39, 0.29) is 34.9 Å². The summed E-state index contributed by atoms with van der Waals surface area (Å²) in [7, 11) is -2.69. The van der Waals surface area contributed by atoms with E-state index in [0.29, 0.717) is 37.9 Å². The summed E-state index contributed by atoms with van der Waals surface area (Å²) in [6.45, 7) is 0.506. The zero-order valence-electron chi connectivity index (χ0n) is 16.9. The second-order valence-electron chi connectivity index (χ2n) is 7.83. The number of carbonyl (C=O) groups excluding carboxylic acids is 2. The number of carbonyl (C=O) groups is 2. The third kappa shape index (κ3) is 4.86. The van der Waals surface area contributed by atoms with Crippen molar-refractivity contribution < 1.29 is 23.0 Å². The molecule has 1 unspecified atom stereocenters. The Morgan fingerprint density at radius 2 is 2.10 bits per heavy atom. The molecule has 2 amide bonds. The van der Waals surface area contributed by atoms with Gasteiger partial charge in [-0.3, -0.25) is 9.59 Å². The van der Waals surface area contributed by atoms with Crippen LogP contribution >= 0.6 is 0 Å². The lowest BCUT2D eigenvalue weighted by Gasteiger charge is -2.44. The van der Waals surface area contributed by atoms with Crippen molar-refractivity contribution in [2.45, 2.75) is 37.3 Å². The van der Waals surface area contributed by atoms with Gasteiger partial charge < -0.3 is 14.5 Å². The molecule has 0 aliphatic carbocycles. The molecule has 2 fully saturated rings. The smallest absolute Gasteiger partial charge is 0.303 e. The molecule has 1 atom stereocenters. The lowest BCUT2D eigenvalue weighted by atomic mass is 9.85. The largest absolute Gasteiger partial charge is 0.459 e. The molecule has 4 rings (SSSR count). The fraction of sp³-hybridized carbons (Fsp3) is 0.409. The van der Waals surface area contributed by atoms with Crippen LogP contribution < -0.4 is 5.32 Å². The first kappa shape index (κ1) is 21.3. The number of furan rings is 1. The maximum atomic E-state index is 13.2. The first-order chi connectivity index (χ1) is 14.9. The Morgan fingerprint density at radius 1 is 1.29 bits per heavy atom. The molecule has 2 saturated heterocycles. The van der Waals surface area contributed by atoms with Crippen LogP contribution in [-0.4, -0.2) is 50.8 Å². The standard InChI is InChI=1S/C22H23N3O5S/c1-2-16-5-6-18(23-15-16)20(26)25-31(28)12-8-22(9-13-31)14-17(7-11-30-22)24-21(27)19-4-3-10-29-19/h1,3-6,10,15,17H,7-9,11-14H2,(H,24,27). The van der Waals surface area contributed by atoms with Crippen molar-refractivity contribution in [2.75, 3.05) is 18.1 Å². The van der Waals surface area contributed by atoms with E-state index in [2.05, 4.69) is 20.6 Å². The predicted octanol–water partition coefficient (Wildman–Crippen LogP) is 2.41. The van der Waals surface area contributed by atoms with Crippen molar-refractivity contribution in [3.8, 4) is 12.3 Å². The number of rotatable bonds is 3. The Kier molecular flexibility index (Phi) is 5.94. The molecule has 9 heteroatoms. The number of pyridine rings is 1. The van der Waals surface area contributed by atoms with E-state index in [1.165, 1.54) is 18.5 Å². The molecule has 0 bridgehead atoms. The summed E-state index contributed by atoms with van der Waals surface area (Å²) >= 11 is 0. The van der Waals surface area contributed by atoms with E-state index >= 15 is 0 Å². The highest BCUT2D eigenvalue weighted by Gasteiger charge is 2.42. The molecule has 0 aromatic carbocycles. The summed E-state index contributed by atoms with van der Waals surface area (Å²) < 4.78 is 28.4. The third-order valence-electron chi connectivity index (χ3n) is 5.72. The Bertz CT molecular complexity index is 1110. The molecule has 162 valence electrons. The predicted molar refractivity (Wildman–Crippen MR) is 114 cm³/mol. The summed E-state index contributed by atoms with van der Waals surface area (Å²) in [6, 6.07) is 6.32. The van der Waals surface area contributed by atoms with Gasteiger partial charge in [0.2, 0.25) is 0 Å². The molecular formula is C22H23N3O5S. The molecule has 31 heavy (non-hydrogen) atoms. The highest BCUT2D eigenvalue weighted by molar-refractivity contribution is 7.93. The van der Waals surface area contributed by atoms with Crippen molar-refractivity contribution in [3.63, 3.8) is 0 Å². The van der Waals surface area contributed by atoms with E-state index in [0.717, 1.165) is 0 Å². The molecule has 2 aromatic rings. The number of aromatic nitrogens is 1. The molecule has 0 saturated carbocycles. The van der Waals surface area contributed by atoms with Crippen LogP contribution in [0.4, 0.5) is 0 Å². The molecule has 4 heterocycles. The minimum absolute atomic E-state index is 0.0575. The van der Waals surface area contributed by atoms with E-state index < -0.39 is 21.2 Å². The molecule has 2 aliphatic heterocycles. The van der Waals surface area contributed by atoms with Crippen molar-refractivity contribution in [1.82, 2.24) is 10.3 Å². The monoisotopic (exact) mass is 441 g/mol. The van der Waals surface area contributed by atoms with Crippen molar-refractivity contribution in [2.24, 2.45) is 4.36 Å². The summed E-state index contributed by atoms with van der Waals surface area (Å²) in [6.07, 6.45) is 10.5. The molecule has 1 N–H and O–H groups in total. The molecule has 2 aromatic heterocycles. The van der Waals surface area contributed by atoms with Gasteiger partial charge in [0, 0.05) is 35.9 Å². The summed E-state index contributed by atoms with van der Waals surface area (Å²) in [5.74, 6) is 2.38. The number of nitrogens with one attached hydrogen (secondary N) is 1. The fourth-order valence-electron chi connectivity index (χ4n) is 3.98. The quantitative estimate of drug-likeness (QED) is 0.733. The lowest BCUT2D eigenvalue weighted by molar-refractivity contribution is -0.0925. The van der Waals surface area contributed by atoms with Crippen molar-refractivity contribution in [3.05, 3.63) is 53.7 Å². The maximum absolute atomic E-state index is 13.2. The minimum atomic E-state index is -2.69. The number of nitrogens with zero attached hydrogens (tertiary/aromatic N) is 2. The first-order valence-corrected chi connectivity index (χ1v) is 11.9. The van der Waals surface area contributed by atoms with Crippen LogP contribution in [0.5, 0.6) is 0 Å². The van der Waals surface area contributed by atoms with Gasteiger partial charge in [0.1, 0.15) is 5.69 Å². The van der Waals surface area contributed by atoms with Gasteiger partial charge >= 0.3 is 5.91 Å². The topological polar surface area (TPSA) is 111 Å². The summed E-state index contributed by atoms with van der Waals surface area (Å²) in [5, 5.41) is 2.99. The first-order valence-electron chi connectivity index (χ1n) is 10.1. The van der Waals surface area contributed by atoms with Crippen LogP contribution in [0.25, 0.3) is 0 Å². The maximum Gasteiger partial charge on any atom is 0.303 e. The van der Waals surface area contributed by atoms with E-state index in [9.17, 15) is 13.8 Å². The third-order valence-corrected chi connectivity index (χ3v) is 7.91. The Balaban J connectivity index is 1.39. The van der Waals surface area contributed by atoms with Gasteiger partial charge in [-0.2, -0.15) is 4.36 Å². The second-order valence-corrected chi connectivity index (χ2v) is 10.4. The highest BCUT2D eigenvalue weighted by atomic mass is 32.2. The zero-order valence-corrected chi connectivity index (χ0v) is 17.7. The number of terminal acetylenes is 1. The van der Waals surface area contributed by atoms with Gasteiger partial charge in [0.25, 0.3) is 5.91 Å². The van der Waals surface area contributed by atoms with Crippen LogP contribution in [0.2, 0.25) is 0 Å². The lowest BCUT2D eigenvalue weighted by Crippen LogP contribution is -2.51. The van der Waals surface area contributed by atoms with Crippen molar-refractivity contribution in [1.29, 1.82) is 0 Å². The fourth-order valence-corrected chi connectivity index (χ4v) is 6.14. The molecular weight excluding hydrogens is 418 g/mol. The molecule has 1 spiro atoms. The zero-order chi connectivity index (χ0) is 21.9. The number of hydrogen-bond acceptors (Lipinski definition) is 6. The van der Waals surface area contributed by atoms with Crippen LogP contribution in [0.1, 0.15) is 52.3 Å². The molecule has 8 nitrogen and oxygen atoms in total. The van der Waals surface area contributed by atoms with Crippen LogP contribution in [0.15, 0.2) is 45.5 Å². The summed E-state index contributed by atoms with van der Waals surface area (Å²) in [4.78, 5) is 28.7. The highest BCUT2D eigenvalue weighted by Crippen LogP contribution is 2.36. The Hall–Kier alpha value is -2.96. The number of ether oxygens (including phenoxy) is 1. The SMILES string of the molecule is C#Cc1ccc(C(=O)N=S2(=O)CCC3(CC2)CC(NC(=O)c2ccco2)CCO3)nc1. The van der Waals surface area contributed by atoms with Gasteiger partial charge in [-0.15, -0.1) is 6.42 Å². The number of hydrogen-bond donors (Lipinski definition) is 1. The van der Waals surface area contributed by atoms with Gasteiger partial charge in [0.15, 0.2) is 5.76 Å². The van der Waals surface area contributed by atoms with Crippen LogP contribution in [0.3, 0.4) is 0 Å². The average Bonchev–Trinajstić information content (AvgIpc) is 3.32. The Labute approximate surface area is 180 Å². The van der Waals surface area contributed by atoms with Gasteiger partial charge in [-0.05, 0) is 49.9 Å². The Morgan fingerprint density at radius 3 is 2.74 bits per heavy atom. The molecule has 0 radical (unpaired) electrons. The minimum Gasteiger partial charge on any atom is -0.459 e. The molecule has 2 aliphatic rings. The second kappa shape index (κ2) is 8.65. The van der Waals surface area contributed by atoms with E-state index in [1.807, 2.05) is 0 Å². The van der Waals surface area contributed by atoms with Crippen LogP contribution in [-0.2, 0) is 14.5 Å². The normalized spacial score (nSPS) is 27.9. The summed E-state index contributed by atoms with van der Waals surface area (Å²) in [5.41, 5.74) is 0.214. The van der Waals surface area contributed by atoms with Crippen molar-refractivity contribution >= 4 is 21.5 Å². The van der Waals surface area contributed by atoms with Gasteiger partial charge in [-0.1, -0.05) is 5.92 Å². The van der Waals surface area contributed by atoms with Gasteiger partial charge in [-0.25, -0.2) is 9.19 Å². The average molecular weight is 442 g/mol.